The van der Waals surface area contributed by atoms with Gasteiger partial charge in [0.1, 0.15) is 0 Å². The molecule has 1 atom stereocenters. The van der Waals surface area contributed by atoms with Crippen molar-refractivity contribution >= 4 is 16.0 Å². The van der Waals surface area contributed by atoms with Crippen LogP contribution in [0.15, 0.2) is 64.5 Å². The van der Waals surface area contributed by atoms with Gasteiger partial charge in [0.15, 0.2) is 5.96 Å². The average molecular weight is 360 g/mol. The van der Waals surface area contributed by atoms with Crippen LogP contribution in [-0.4, -0.2) is 28.0 Å². The number of nitrogens with zero attached hydrogens (tertiary/aromatic N) is 1. The number of rotatable bonds is 6. The summed E-state index contributed by atoms with van der Waals surface area (Å²) in [6.45, 7) is 2.75. The Hall–Kier alpha value is -2.38. The second-order valence-corrected chi connectivity index (χ2v) is 7.28. The van der Waals surface area contributed by atoms with Crippen LogP contribution in [0.3, 0.4) is 0 Å². The Kier molecular flexibility index (Phi) is 6.55. The molecular formula is C18H24N4O2S. The van der Waals surface area contributed by atoms with Crippen molar-refractivity contribution < 1.29 is 8.42 Å². The summed E-state index contributed by atoms with van der Waals surface area (Å²) in [6, 6.07) is 16.9. The zero-order valence-corrected chi connectivity index (χ0v) is 15.3. The lowest BCUT2D eigenvalue weighted by atomic mass is 10.1. The van der Waals surface area contributed by atoms with Gasteiger partial charge in [0.2, 0.25) is 10.0 Å². The van der Waals surface area contributed by atoms with E-state index in [1.165, 1.54) is 17.7 Å². The van der Waals surface area contributed by atoms with Crippen LogP contribution in [0, 0.1) is 0 Å². The Labute approximate surface area is 149 Å². The lowest BCUT2D eigenvalue weighted by Gasteiger charge is -2.18. The third kappa shape index (κ3) is 5.88. The van der Waals surface area contributed by atoms with Crippen molar-refractivity contribution in [2.75, 3.05) is 13.6 Å². The molecule has 134 valence electrons. The number of sulfonamides is 1. The van der Waals surface area contributed by atoms with E-state index < -0.39 is 10.0 Å². The molecule has 0 aromatic heterocycles. The first-order valence-corrected chi connectivity index (χ1v) is 9.58. The molecule has 0 aliphatic carbocycles. The minimum absolute atomic E-state index is 0.123. The smallest absolute Gasteiger partial charge is 0.238 e. The van der Waals surface area contributed by atoms with E-state index in [-0.39, 0.29) is 10.9 Å². The van der Waals surface area contributed by atoms with Gasteiger partial charge in [0, 0.05) is 13.6 Å². The number of aliphatic imine (C=N–C) groups is 1. The Morgan fingerprint density at radius 3 is 2.32 bits per heavy atom. The van der Waals surface area contributed by atoms with E-state index in [0.29, 0.717) is 6.54 Å². The van der Waals surface area contributed by atoms with E-state index in [2.05, 4.69) is 34.7 Å². The first-order valence-electron chi connectivity index (χ1n) is 8.04. The van der Waals surface area contributed by atoms with Crippen molar-refractivity contribution in [3.05, 3.63) is 65.7 Å². The molecule has 0 aliphatic heterocycles. The second-order valence-electron chi connectivity index (χ2n) is 5.71. The third-order valence-electron chi connectivity index (χ3n) is 3.83. The summed E-state index contributed by atoms with van der Waals surface area (Å²) in [7, 11) is -1.91. The zero-order valence-electron chi connectivity index (χ0n) is 14.4. The molecule has 2 rings (SSSR count). The van der Waals surface area contributed by atoms with E-state index in [4.69, 9.17) is 5.14 Å². The Balaban J connectivity index is 1.85. The molecular weight excluding hydrogens is 336 g/mol. The molecule has 2 aromatic carbocycles. The number of benzene rings is 2. The maximum atomic E-state index is 11.2. The number of guanidine groups is 1. The van der Waals surface area contributed by atoms with Crippen LogP contribution in [0.4, 0.5) is 0 Å². The fourth-order valence-corrected chi connectivity index (χ4v) is 2.91. The molecule has 4 N–H and O–H groups in total. The van der Waals surface area contributed by atoms with Gasteiger partial charge in [0.25, 0.3) is 0 Å². The van der Waals surface area contributed by atoms with Crippen LogP contribution in [-0.2, 0) is 16.4 Å². The summed E-state index contributed by atoms with van der Waals surface area (Å²) in [5, 5.41) is 11.7. The van der Waals surface area contributed by atoms with Crippen molar-refractivity contribution in [3.63, 3.8) is 0 Å². The molecule has 0 heterocycles. The predicted octanol–water partition coefficient (Wildman–Crippen LogP) is 1.80. The van der Waals surface area contributed by atoms with Crippen LogP contribution < -0.4 is 15.8 Å². The van der Waals surface area contributed by atoms with Gasteiger partial charge in [-0.3, -0.25) is 4.99 Å². The van der Waals surface area contributed by atoms with Gasteiger partial charge < -0.3 is 10.6 Å². The highest BCUT2D eigenvalue weighted by atomic mass is 32.2. The maximum absolute atomic E-state index is 11.2. The molecule has 0 saturated carbocycles. The molecule has 0 amide bonds. The van der Waals surface area contributed by atoms with Gasteiger partial charge in [-0.25, -0.2) is 13.6 Å². The van der Waals surface area contributed by atoms with Crippen molar-refractivity contribution in [2.45, 2.75) is 24.3 Å². The number of hydrogen-bond acceptors (Lipinski definition) is 3. The summed E-state index contributed by atoms with van der Waals surface area (Å²) >= 11 is 0. The number of nitrogens with one attached hydrogen (secondary N) is 2. The third-order valence-corrected chi connectivity index (χ3v) is 4.76. The van der Waals surface area contributed by atoms with Gasteiger partial charge in [-0.05, 0) is 36.6 Å². The van der Waals surface area contributed by atoms with Gasteiger partial charge in [-0.2, -0.15) is 0 Å². The van der Waals surface area contributed by atoms with Crippen LogP contribution in [0.2, 0.25) is 0 Å². The number of primary sulfonamides is 1. The number of nitrogens with two attached hydrogens (primary N) is 1. The molecule has 2 aromatic rings. The summed E-state index contributed by atoms with van der Waals surface area (Å²) in [5.74, 6) is 0.720. The van der Waals surface area contributed by atoms with Gasteiger partial charge in [-0.1, -0.05) is 42.5 Å². The summed E-state index contributed by atoms with van der Waals surface area (Å²) in [5.41, 5.74) is 2.20. The van der Waals surface area contributed by atoms with E-state index >= 15 is 0 Å². The zero-order chi connectivity index (χ0) is 18.3. The van der Waals surface area contributed by atoms with Crippen LogP contribution in [0.1, 0.15) is 24.1 Å². The van der Waals surface area contributed by atoms with Crippen LogP contribution in [0.5, 0.6) is 0 Å². The van der Waals surface area contributed by atoms with E-state index in [9.17, 15) is 8.42 Å². The molecule has 7 heteroatoms. The molecule has 0 radical (unpaired) electrons. The average Bonchev–Trinajstić information content (AvgIpc) is 2.61. The SMILES string of the molecule is CN=C(NCCc1ccc(S(N)(=O)=O)cc1)NC(C)c1ccccc1. The standard InChI is InChI=1S/C18H24N4O2S/c1-14(16-6-4-3-5-7-16)22-18(20-2)21-13-12-15-8-10-17(11-9-15)25(19,23)24/h3-11,14H,12-13H2,1-2H3,(H2,19,23,24)(H2,20,21,22). The number of hydrogen-bond donors (Lipinski definition) is 3. The van der Waals surface area contributed by atoms with Crippen molar-refractivity contribution in [1.29, 1.82) is 0 Å². The Morgan fingerprint density at radius 1 is 1.12 bits per heavy atom. The Bertz CT molecular complexity index is 803. The highest BCUT2D eigenvalue weighted by Gasteiger charge is 2.08. The second kappa shape index (κ2) is 8.64. The molecule has 25 heavy (non-hydrogen) atoms. The van der Waals surface area contributed by atoms with Crippen LogP contribution >= 0.6 is 0 Å². The summed E-state index contributed by atoms with van der Waals surface area (Å²) < 4.78 is 22.5. The highest BCUT2D eigenvalue weighted by Crippen LogP contribution is 2.11. The molecule has 0 aliphatic rings. The summed E-state index contributed by atoms with van der Waals surface area (Å²) in [6.07, 6.45) is 0.741. The molecule has 0 spiro atoms. The van der Waals surface area contributed by atoms with Gasteiger partial charge in [-0.15, -0.1) is 0 Å². The van der Waals surface area contributed by atoms with E-state index in [1.807, 2.05) is 18.2 Å². The molecule has 6 nitrogen and oxygen atoms in total. The molecule has 0 bridgehead atoms. The first-order chi connectivity index (χ1) is 11.9. The van der Waals surface area contributed by atoms with Gasteiger partial charge >= 0.3 is 0 Å². The Morgan fingerprint density at radius 2 is 1.76 bits per heavy atom. The lowest BCUT2D eigenvalue weighted by molar-refractivity contribution is 0.598. The summed E-state index contributed by atoms with van der Waals surface area (Å²) in [4.78, 5) is 4.35. The van der Waals surface area contributed by atoms with Crippen LogP contribution in [0.25, 0.3) is 0 Å². The minimum Gasteiger partial charge on any atom is -0.356 e. The van der Waals surface area contributed by atoms with Crippen molar-refractivity contribution in [3.8, 4) is 0 Å². The predicted molar refractivity (Wildman–Crippen MR) is 101 cm³/mol. The lowest BCUT2D eigenvalue weighted by Crippen LogP contribution is -2.39. The fraction of sp³-hybridized carbons (Fsp3) is 0.278. The van der Waals surface area contributed by atoms with E-state index in [1.54, 1.807) is 19.2 Å². The molecule has 0 saturated heterocycles. The topological polar surface area (TPSA) is 96.6 Å². The van der Waals surface area contributed by atoms with Crippen molar-refractivity contribution in [1.82, 2.24) is 10.6 Å². The minimum atomic E-state index is -3.64. The quantitative estimate of drug-likeness (QED) is 0.541. The van der Waals surface area contributed by atoms with Crippen molar-refractivity contribution in [2.24, 2.45) is 10.1 Å². The first kappa shape index (κ1) is 19.0. The molecule has 0 fully saturated rings. The highest BCUT2D eigenvalue weighted by molar-refractivity contribution is 7.89. The normalized spacial score (nSPS) is 13.3. The fourth-order valence-electron chi connectivity index (χ4n) is 2.40. The molecule has 1 unspecified atom stereocenters. The maximum Gasteiger partial charge on any atom is 0.238 e. The monoisotopic (exact) mass is 360 g/mol. The van der Waals surface area contributed by atoms with Gasteiger partial charge in [0.05, 0.1) is 10.9 Å². The largest absolute Gasteiger partial charge is 0.356 e. The van der Waals surface area contributed by atoms with E-state index in [0.717, 1.165) is 17.9 Å².